The number of allylic oxidation sites excluding steroid dienone is 8. The van der Waals surface area contributed by atoms with Gasteiger partial charge in [0.1, 0.15) is 8.07 Å². The normalized spacial score (nSPS) is 17.7. The van der Waals surface area contributed by atoms with E-state index in [9.17, 15) is 0 Å². The van der Waals surface area contributed by atoms with E-state index in [0.29, 0.717) is 5.92 Å². The molecule has 1 heterocycles. The van der Waals surface area contributed by atoms with Crippen molar-refractivity contribution in [3.8, 4) is 55.6 Å². The van der Waals surface area contributed by atoms with Gasteiger partial charge in [-0.25, -0.2) is 0 Å². The second-order valence-electron chi connectivity index (χ2n) is 19.4. The molecule has 5 aliphatic rings. The maximum atomic E-state index is 2.68. The van der Waals surface area contributed by atoms with Gasteiger partial charge in [-0.3, -0.25) is 0 Å². The molecule has 0 radical (unpaired) electrons. The molecular formula is C64H42Si. The first-order valence-electron chi connectivity index (χ1n) is 23.2. The predicted octanol–water partition coefficient (Wildman–Crippen LogP) is 15.8. The van der Waals surface area contributed by atoms with Crippen molar-refractivity contribution >= 4 is 72.7 Å². The summed E-state index contributed by atoms with van der Waals surface area (Å²) in [7, 11) is -2.06. The van der Waals surface area contributed by atoms with Crippen LogP contribution in [0.3, 0.4) is 0 Å². The molecule has 302 valence electrons. The van der Waals surface area contributed by atoms with E-state index >= 15 is 0 Å². The van der Waals surface area contributed by atoms with E-state index in [4.69, 9.17) is 0 Å². The second-order valence-corrected chi connectivity index (χ2v) is 23.7. The Morgan fingerprint density at radius 3 is 1.97 bits per heavy atom. The SMILES string of the molecule is C[Si]1(C)c2ccccc2-c2cc3c(-c4ccc5c6c(cccc46)-c4ccccc4-5)c4ccc(-c5cccc6ccccc56)cc4c(C4=C5C=CC=C6c7ccccc7C(C=C4)C65)c3cc21. The maximum absolute atomic E-state index is 2.68. The van der Waals surface area contributed by atoms with Crippen LogP contribution in [0.15, 0.2) is 212 Å². The molecule has 0 aromatic heterocycles. The average Bonchev–Trinajstić information content (AvgIpc) is 3.94. The minimum absolute atomic E-state index is 0.283. The highest BCUT2D eigenvalue weighted by molar-refractivity contribution is 7.04. The molecule has 2 unspecified atom stereocenters. The minimum Gasteiger partial charge on any atom is -0.0754 e. The molecule has 15 rings (SSSR count). The molecule has 0 nitrogen and oxygen atoms in total. The largest absolute Gasteiger partial charge is 0.113 e. The lowest BCUT2D eigenvalue weighted by Crippen LogP contribution is -2.49. The Balaban J connectivity index is 1.12. The summed E-state index contributed by atoms with van der Waals surface area (Å²) < 4.78 is 0. The molecule has 0 saturated heterocycles. The third-order valence-electron chi connectivity index (χ3n) is 16.0. The van der Waals surface area contributed by atoms with Gasteiger partial charge in [0.25, 0.3) is 0 Å². The molecule has 4 aliphatic carbocycles. The second kappa shape index (κ2) is 12.8. The maximum Gasteiger partial charge on any atom is 0.113 e. The molecule has 1 heteroatoms. The fourth-order valence-corrected chi connectivity index (χ4v) is 16.3. The molecule has 10 aromatic rings. The summed E-state index contributed by atoms with van der Waals surface area (Å²) in [6.45, 7) is 5.13. The first-order valence-corrected chi connectivity index (χ1v) is 26.2. The summed E-state index contributed by atoms with van der Waals surface area (Å²) in [6, 6.07) is 67.5. The number of benzene rings is 10. The fraction of sp³-hybridized carbons (Fsp3) is 0.0625. The van der Waals surface area contributed by atoms with Gasteiger partial charge in [-0.05, 0) is 155 Å². The molecule has 10 aromatic carbocycles. The summed E-state index contributed by atoms with van der Waals surface area (Å²) in [6.07, 6.45) is 12.2. The van der Waals surface area contributed by atoms with E-state index in [0.717, 1.165) is 0 Å². The number of hydrogen-bond acceptors (Lipinski definition) is 0. The van der Waals surface area contributed by atoms with E-state index in [1.807, 2.05) is 0 Å². The highest BCUT2D eigenvalue weighted by atomic mass is 28.3. The molecule has 0 fully saturated rings. The van der Waals surface area contributed by atoms with E-state index in [1.165, 1.54) is 143 Å². The quantitative estimate of drug-likeness (QED) is 0.123. The Bertz CT molecular complexity index is 3940. The Morgan fingerprint density at radius 1 is 0.415 bits per heavy atom. The van der Waals surface area contributed by atoms with Gasteiger partial charge >= 0.3 is 0 Å². The zero-order valence-electron chi connectivity index (χ0n) is 36.3. The zero-order chi connectivity index (χ0) is 42.7. The molecule has 0 bridgehead atoms. The summed E-state index contributed by atoms with van der Waals surface area (Å²) in [5.74, 6) is 0.609. The molecule has 0 saturated carbocycles. The molecule has 1 aliphatic heterocycles. The Morgan fingerprint density at radius 2 is 1.08 bits per heavy atom. The molecule has 2 atom stereocenters. The molecule has 0 N–H and O–H groups in total. The van der Waals surface area contributed by atoms with Crippen LogP contribution in [0.25, 0.3) is 110 Å². The summed E-state index contributed by atoms with van der Waals surface area (Å²) in [4.78, 5) is 0. The van der Waals surface area contributed by atoms with Gasteiger partial charge in [0, 0.05) is 11.8 Å². The third kappa shape index (κ3) is 4.66. The van der Waals surface area contributed by atoms with Gasteiger partial charge in [0.15, 0.2) is 0 Å². The van der Waals surface area contributed by atoms with Gasteiger partial charge in [-0.1, -0.05) is 207 Å². The third-order valence-corrected chi connectivity index (χ3v) is 19.5. The van der Waals surface area contributed by atoms with Crippen LogP contribution in [0.5, 0.6) is 0 Å². The number of rotatable bonds is 3. The first kappa shape index (κ1) is 35.8. The van der Waals surface area contributed by atoms with Crippen LogP contribution < -0.4 is 10.4 Å². The van der Waals surface area contributed by atoms with Crippen molar-refractivity contribution < 1.29 is 0 Å². The zero-order valence-corrected chi connectivity index (χ0v) is 37.3. The number of hydrogen-bond donors (Lipinski definition) is 0. The Kier molecular flexibility index (Phi) is 7.05. The van der Waals surface area contributed by atoms with Gasteiger partial charge in [-0.15, -0.1) is 0 Å². The molecule has 0 spiro atoms. The van der Waals surface area contributed by atoms with Crippen LogP contribution in [0, 0.1) is 5.92 Å². The monoisotopic (exact) mass is 838 g/mol. The van der Waals surface area contributed by atoms with Crippen molar-refractivity contribution in [3.63, 3.8) is 0 Å². The van der Waals surface area contributed by atoms with E-state index in [1.54, 1.807) is 0 Å². The van der Waals surface area contributed by atoms with E-state index in [-0.39, 0.29) is 5.92 Å². The van der Waals surface area contributed by atoms with Crippen LogP contribution in [0.1, 0.15) is 22.6 Å². The van der Waals surface area contributed by atoms with Gasteiger partial charge in [-0.2, -0.15) is 0 Å². The highest BCUT2D eigenvalue weighted by Gasteiger charge is 2.42. The highest BCUT2D eigenvalue weighted by Crippen LogP contribution is 2.58. The lowest BCUT2D eigenvalue weighted by atomic mass is 9.73. The summed E-state index contributed by atoms with van der Waals surface area (Å²) in [5.41, 5.74) is 21.7. The van der Waals surface area contributed by atoms with Crippen molar-refractivity contribution in [3.05, 3.63) is 229 Å². The van der Waals surface area contributed by atoms with Crippen LogP contribution in [-0.2, 0) is 0 Å². The van der Waals surface area contributed by atoms with Crippen LogP contribution in [0.2, 0.25) is 13.1 Å². The molecule has 65 heavy (non-hydrogen) atoms. The van der Waals surface area contributed by atoms with Crippen molar-refractivity contribution in [2.24, 2.45) is 5.92 Å². The topological polar surface area (TPSA) is 0 Å². The van der Waals surface area contributed by atoms with Crippen LogP contribution in [-0.4, -0.2) is 8.07 Å². The average molecular weight is 839 g/mol. The van der Waals surface area contributed by atoms with E-state index < -0.39 is 8.07 Å². The standard InChI is InChI=1S/C64H42Si/c1-65(2)59-27-10-9-21-45(59)55-35-57-58(36-60(55)65)64(53-33-31-51-44-20-8-6-18-42(44)47-24-13-26-49(53)62(47)51)56-34-38(40-22-11-15-37-14-3-4-16-39(37)40)28-29-54(56)63(57)52-32-30-50-43-19-7-5-17-41(43)46-23-12-25-48(52)61(46)50/h3-36,51,62H,1-2H3. The lowest BCUT2D eigenvalue weighted by molar-refractivity contribution is 0.725. The Hall–Kier alpha value is -7.58. The smallest absolute Gasteiger partial charge is 0.0754 e. The van der Waals surface area contributed by atoms with Crippen LogP contribution >= 0.6 is 0 Å². The summed E-state index contributed by atoms with van der Waals surface area (Å²) in [5, 5.41) is 13.6. The van der Waals surface area contributed by atoms with Crippen molar-refractivity contribution in [1.82, 2.24) is 0 Å². The molecule has 0 amide bonds. The van der Waals surface area contributed by atoms with E-state index in [2.05, 4.69) is 219 Å². The van der Waals surface area contributed by atoms with Crippen molar-refractivity contribution in [2.75, 3.05) is 0 Å². The van der Waals surface area contributed by atoms with Crippen LogP contribution in [0.4, 0.5) is 0 Å². The summed E-state index contributed by atoms with van der Waals surface area (Å²) >= 11 is 0. The predicted molar refractivity (Wildman–Crippen MR) is 280 cm³/mol. The first-order chi connectivity index (χ1) is 32.0. The Labute approximate surface area is 379 Å². The van der Waals surface area contributed by atoms with Gasteiger partial charge in [0.05, 0.1) is 0 Å². The fourth-order valence-electron chi connectivity index (χ4n) is 13.2. The molecular weight excluding hydrogens is 797 g/mol. The minimum atomic E-state index is -2.06. The number of fused-ring (bicyclic) bond motifs is 12. The van der Waals surface area contributed by atoms with Crippen molar-refractivity contribution in [1.29, 1.82) is 0 Å². The van der Waals surface area contributed by atoms with Crippen molar-refractivity contribution in [2.45, 2.75) is 19.0 Å². The van der Waals surface area contributed by atoms with Gasteiger partial charge in [0.2, 0.25) is 0 Å². The van der Waals surface area contributed by atoms with Gasteiger partial charge < -0.3 is 0 Å². The lowest BCUT2D eigenvalue weighted by Gasteiger charge is -2.30.